The van der Waals surface area contributed by atoms with Gasteiger partial charge in [-0.25, -0.2) is 13.4 Å². The number of pyridine rings is 1. The van der Waals surface area contributed by atoms with Gasteiger partial charge in [-0.15, -0.1) is 0 Å². The highest BCUT2D eigenvalue weighted by molar-refractivity contribution is 7.93. The minimum absolute atomic E-state index is 0.0284. The fourth-order valence-corrected chi connectivity index (χ4v) is 4.47. The van der Waals surface area contributed by atoms with E-state index in [-0.39, 0.29) is 17.3 Å². The highest BCUT2D eigenvalue weighted by atomic mass is 32.2. The van der Waals surface area contributed by atoms with Crippen molar-refractivity contribution < 1.29 is 17.9 Å². The molecule has 7 nitrogen and oxygen atoms in total. The van der Waals surface area contributed by atoms with E-state index in [1.54, 1.807) is 12.1 Å². The Bertz CT molecular complexity index is 737. The number of aromatic nitrogens is 1. The molecule has 8 heteroatoms. The van der Waals surface area contributed by atoms with Crippen LogP contribution in [0.25, 0.3) is 0 Å². The summed E-state index contributed by atoms with van der Waals surface area (Å²) in [6.45, 7) is 5.67. The Labute approximate surface area is 161 Å². The molecule has 3 rings (SSSR count). The standard InChI is InChI=1S/C19H29N3O4S/c1-14(2)3-8-19(23)22-11-9-16(10-12-22)26-18-7-4-15(13-20-18)21-27(24,25)17-5-6-17/h4,7,13-14,16-17,21H,3,5-6,8-12H2,1-2H3. The molecule has 1 aromatic rings. The zero-order chi connectivity index (χ0) is 19.4. The molecule has 1 aliphatic carbocycles. The van der Waals surface area contributed by atoms with Gasteiger partial charge in [-0.2, -0.15) is 0 Å². The van der Waals surface area contributed by atoms with Crippen LogP contribution in [0.2, 0.25) is 0 Å². The summed E-state index contributed by atoms with van der Waals surface area (Å²) < 4.78 is 32.3. The van der Waals surface area contributed by atoms with Crippen LogP contribution in [0.1, 0.15) is 52.4 Å². The molecule has 2 heterocycles. The smallest absolute Gasteiger partial charge is 0.235 e. The average Bonchev–Trinajstić information content (AvgIpc) is 3.47. The molecule has 1 aliphatic heterocycles. The first kappa shape index (κ1) is 19.9. The molecule has 150 valence electrons. The second-order valence-electron chi connectivity index (χ2n) is 7.86. The second kappa shape index (κ2) is 8.46. The fraction of sp³-hybridized carbons (Fsp3) is 0.684. The minimum Gasteiger partial charge on any atom is -0.474 e. The van der Waals surface area contributed by atoms with Crippen molar-refractivity contribution in [3.63, 3.8) is 0 Å². The third kappa shape index (κ3) is 5.82. The number of nitrogens with one attached hydrogen (secondary N) is 1. The van der Waals surface area contributed by atoms with Gasteiger partial charge in [0.25, 0.3) is 0 Å². The molecule has 0 atom stereocenters. The van der Waals surface area contributed by atoms with Crippen molar-refractivity contribution in [1.29, 1.82) is 0 Å². The Morgan fingerprint density at radius 3 is 2.52 bits per heavy atom. The molecule has 1 saturated heterocycles. The number of hydrogen-bond acceptors (Lipinski definition) is 5. The average molecular weight is 396 g/mol. The van der Waals surface area contributed by atoms with Gasteiger partial charge in [-0.05, 0) is 31.2 Å². The molecule has 0 spiro atoms. The summed E-state index contributed by atoms with van der Waals surface area (Å²) >= 11 is 0. The number of ether oxygens (including phenoxy) is 1. The minimum atomic E-state index is -3.27. The first-order valence-electron chi connectivity index (χ1n) is 9.75. The number of nitrogens with zero attached hydrogens (tertiary/aromatic N) is 2. The zero-order valence-corrected chi connectivity index (χ0v) is 16.9. The van der Waals surface area contributed by atoms with E-state index < -0.39 is 10.0 Å². The van der Waals surface area contributed by atoms with Crippen molar-refractivity contribution in [2.45, 2.75) is 63.7 Å². The van der Waals surface area contributed by atoms with Gasteiger partial charge in [-0.1, -0.05) is 13.8 Å². The summed E-state index contributed by atoms with van der Waals surface area (Å²) in [5.41, 5.74) is 0.458. The first-order valence-corrected chi connectivity index (χ1v) is 11.3. The lowest BCUT2D eigenvalue weighted by atomic mass is 10.0. The van der Waals surface area contributed by atoms with Crippen LogP contribution in [0.15, 0.2) is 18.3 Å². The lowest BCUT2D eigenvalue weighted by Gasteiger charge is -2.32. The molecular formula is C19H29N3O4S. The van der Waals surface area contributed by atoms with E-state index in [4.69, 9.17) is 4.74 Å². The van der Waals surface area contributed by atoms with Gasteiger partial charge in [0.05, 0.1) is 17.1 Å². The fourth-order valence-electron chi connectivity index (χ4n) is 3.10. The monoisotopic (exact) mass is 395 g/mol. The van der Waals surface area contributed by atoms with Gasteiger partial charge in [0.2, 0.25) is 21.8 Å². The van der Waals surface area contributed by atoms with E-state index >= 15 is 0 Å². The predicted molar refractivity (Wildman–Crippen MR) is 104 cm³/mol. The van der Waals surface area contributed by atoms with E-state index in [0.29, 0.717) is 37.0 Å². The molecule has 1 aromatic heterocycles. The number of rotatable bonds is 8. The highest BCUT2D eigenvalue weighted by Crippen LogP contribution is 2.29. The lowest BCUT2D eigenvalue weighted by Crippen LogP contribution is -2.41. The summed E-state index contributed by atoms with van der Waals surface area (Å²) in [6.07, 6.45) is 6.07. The molecule has 0 aromatic carbocycles. The number of carbonyl (C=O) groups is 1. The first-order chi connectivity index (χ1) is 12.8. The van der Waals surface area contributed by atoms with Gasteiger partial charge in [0.15, 0.2) is 0 Å². The molecule has 0 unspecified atom stereocenters. The van der Waals surface area contributed by atoms with E-state index in [1.165, 1.54) is 6.20 Å². The van der Waals surface area contributed by atoms with Gasteiger partial charge >= 0.3 is 0 Å². The third-order valence-corrected chi connectivity index (χ3v) is 6.85. The summed E-state index contributed by atoms with van der Waals surface area (Å²) in [5, 5.41) is -0.262. The molecule has 1 N–H and O–H groups in total. The molecule has 2 fully saturated rings. The lowest BCUT2D eigenvalue weighted by molar-refractivity contribution is -0.133. The molecule has 27 heavy (non-hydrogen) atoms. The summed E-state index contributed by atoms with van der Waals surface area (Å²) in [7, 11) is -3.27. The van der Waals surface area contributed by atoms with Gasteiger partial charge in [0, 0.05) is 38.4 Å². The van der Waals surface area contributed by atoms with Crippen LogP contribution >= 0.6 is 0 Å². The number of hydrogen-bond donors (Lipinski definition) is 1. The number of carbonyl (C=O) groups excluding carboxylic acids is 1. The Balaban J connectivity index is 1.44. The van der Waals surface area contributed by atoms with Crippen molar-refractivity contribution in [3.8, 4) is 5.88 Å². The van der Waals surface area contributed by atoms with E-state index in [1.807, 2.05) is 4.90 Å². The maximum absolute atomic E-state index is 12.2. The third-order valence-electron chi connectivity index (χ3n) is 4.98. The topological polar surface area (TPSA) is 88.6 Å². The van der Waals surface area contributed by atoms with Gasteiger partial charge < -0.3 is 9.64 Å². The van der Waals surface area contributed by atoms with Crippen LogP contribution in [-0.4, -0.2) is 48.7 Å². The summed E-state index contributed by atoms with van der Waals surface area (Å²) in [6, 6.07) is 3.36. The van der Waals surface area contributed by atoms with Gasteiger partial charge in [-0.3, -0.25) is 9.52 Å². The van der Waals surface area contributed by atoms with E-state index in [2.05, 4.69) is 23.6 Å². The van der Waals surface area contributed by atoms with Crippen LogP contribution in [0.3, 0.4) is 0 Å². The van der Waals surface area contributed by atoms with Crippen LogP contribution < -0.4 is 9.46 Å². The maximum Gasteiger partial charge on any atom is 0.235 e. The molecule has 1 amide bonds. The van der Waals surface area contributed by atoms with E-state index in [0.717, 1.165) is 32.1 Å². The number of amides is 1. The van der Waals surface area contributed by atoms with Crippen molar-refractivity contribution in [2.24, 2.45) is 5.92 Å². The van der Waals surface area contributed by atoms with E-state index in [9.17, 15) is 13.2 Å². The number of sulfonamides is 1. The molecular weight excluding hydrogens is 366 g/mol. The van der Waals surface area contributed by atoms with Crippen LogP contribution in [-0.2, 0) is 14.8 Å². The second-order valence-corrected chi connectivity index (χ2v) is 9.82. The Hall–Kier alpha value is -1.83. The predicted octanol–water partition coefficient (Wildman–Crippen LogP) is 2.79. The van der Waals surface area contributed by atoms with Crippen LogP contribution in [0.5, 0.6) is 5.88 Å². The van der Waals surface area contributed by atoms with Crippen molar-refractivity contribution in [1.82, 2.24) is 9.88 Å². The quantitative estimate of drug-likeness (QED) is 0.731. The maximum atomic E-state index is 12.2. The number of piperidine rings is 1. The summed E-state index contributed by atoms with van der Waals surface area (Å²) in [5.74, 6) is 1.25. The molecule has 1 saturated carbocycles. The Morgan fingerprint density at radius 2 is 1.96 bits per heavy atom. The SMILES string of the molecule is CC(C)CCC(=O)N1CCC(Oc2ccc(NS(=O)(=O)C3CC3)cn2)CC1. The Kier molecular flexibility index (Phi) is 6.24. The molecule has 0 bridgehead atoms. The van der Waals surface area contributed by atoms with Crippen LogP contribution in [0.4, 0.5) is 5.69 Å². The Morgan fingerprint density at radius 1 is 1.26 bits per heavy atom. The van der Waals surface area contributed by atoms with Gasteiger partial charge in [0.1, 0.15) is 6.10 Å². The normalized spacial score (nSPS) is 18.6. The van der Waals surface area contributed by atoms with Crippen molar-refractivity contribution in [2.75, 3.05) is 17.8 Å². The van der Waals surface area contributed by atoms with Crippen molar-refractivity contribution in [3.05, 3.63) is 18.3 Å². The van der Waals surface area contributed by atoms with Crippen molar-refractivity contribution >= 4 is 21.6 Å². The highest BCUT2D eigenvalue weighted by Gasteiger charge is 2.35. The molecule has 2 aliphatic rings. The van der Waals surface area contributed by atoms with Crippen LogP contribution in [0, 0.1) is 5.92 Å². The summed E-state index contributed by atoms with van der Waals surface area (Å²) in [4.78, 5) is 18.3. The zero-order valence-electron chi connectivity index (χ0n) is 16.1. The molecule has 0 radical (unpaired) electrons. The largest absolute Gasteiger partial charge is 0.474 e. The number of anilines is 1. The number of likely N-dealkylation sites (tertiary alicyclic amines) is 1.